The topological polar surface area (TPSA) is 55.2 Å². The molecule has 2 heterocycles. The zero-order valence-electron chi connectivity index (χ0n) is 18.0. The molecule has 0 radical (unpaired) electrons. The molecule has 30 heavy (non-hydrogen) atoms. The lowest BCUT2D eigenvalue weighted by atomic mass is 9.98. The molecule has 0 spiro atoms. The van der Waals surface area contributed by atoms with Gasteiger partial charge >= 0.3 is 0 Å². The number of ether oxygens (including phenoxy) is 2. The number of likely N-dealkylation sites (N-methyl/N-ethyl adjacent to an activating group) is 1. The van der Waals surface area contributed by atoms with E-state index < -0.39 is 0 Å². The van der Waals surface area contributed by atoms with Crippen LogP contribution in [0.4, 0.5) is 0 Å². The molecular weight excluding hydrogens is 380 g/mol. The van der Waals surface area contributed by atoms with Crippen LogP contribution in [-0.4, -0.2) is 50.1 Å². The minimum Gasteiger partial charge on any atom is -0.493 e. The van der Waals surface area contributed by atoms with E-state index in [1.807, 2.05) is 53.2 Å². The second-order valence-electron chi connectivity index (χ2n) is 7.82. The summed E-state index contributed by atoms with van der Waals surface area (Å²) in [6.45, 7) is 3.68. The summed E-state index contributed by atoms with van der Waals surface area (Å²) in [5.74, 6) is 2.41. The highest BCUT2D eigenvalue weighted by molar-refractivity contribution is 5.79. The number of carbonyl (C=O) groups excluding carboxylic acids is 1. The standard InChI is InChI=1S/C24H28N2O4/c1-16(21-12-18-7-5-6-8-20(18)30-21)25(2)15-24(27)26-10-9-17-11-22(28-3)23(29-4)13-19(17)14-26/h5-8,11-13,16H,9-10,14-15H2,1-4H3/t16-/m0/s1. The van der Waals surface area contributed by atoms with Gasteiger partial charge in [-0.25, -0.2) is 0 Å². The second kappa shape index (κ2) is 8.40. The van der Waals surface area contributed by atoms with Gasteiger partial charge in [0.15, 0.2) is 11.5 Å². The first kappa shape index (κ1) is 20.3. The maximum Gasteiger partial charge on any atom is 0.237 e. The van der Waals surface area contributed by atoms with Crippen molar-refractivity contribution in [1.82, 2.24) is 9.80 Å². The number of rotatable bonds is 6. The fourth-order valence-corrected chi connectivity index (χ4v) is 3.97. The van der Waals surface area contributed by atoms with E-state index in [4.69, 9.17) is 13.9 Å². The Morgan fingerprint density at radius 2 is 1.83 bits per heavy atom. The molecule has 0 N–H and O–H groups in total. The van der Waals surface area contributed by atoms with Crippen LogP contribution in [0.3, 0.4) is 0 Å². The number of fused-ring (bicyclic) bond motifs is 2. The van der Waals surface area contributed by atoms with Gasteiger partial charge in [-0.3, -0.25) is 9.69 Å². The molecule has 1 amide bonds. The monoisotopic (exact) mass is 408 g/mol. The molecule has 4 rings (SSSR count). The maximum atomic E-state index is 13.0. The van der Waals surface area contributed by atoms with Gasteiger partial charge in [0.25, 0.3) is 0 Å². The largest absolute Gasteiger partial charge is 0.493 e. The van der Waals surface area contributed by atoms with Crippen LogP contribution in [0.15, 0.2) is 46.9 Å². The van der Waals surface area contributed by atoms with Crippen LogP contribution < -0.4 is 9.47 Å². The fourth-order valence-electron chi connectivity index (χ4n) is 3.97. The Morgan fingerprint density at radius 1 is 1.13 bits per heavy atom. The van der Waals surface area contributed by atoms with Crippen LogP contribution in [0, 0.1) is 0 Å². The van der Waals surface area contributed by atoms with Crippen LogP contribution in [0.1, 0.15) is 29.9 Å². The van der Waals surface area contributed by atoms with Gasteiger partial charge in [-0.15, -0.1) is 0 Å². The Morgan fingerprint density at radius 3 is 2.53 bits per heavy atom. The van der Waals surface area contributed by atoms with Crippen molar-refractivity contribution in [2.24, 2.45) is 0 Å². The lowest BCUT2D eigenvalue weighted by Crippen LogP contribution is -2.42. The average Bonchev–Trinajstić information content (AvgIpc) is 3.21. The van der Waals surface area contributed by atoms with E-state index in [9.17, 15) is 4.79 Å². The molecule has 0 saturated carbocycles. The van der Waals surface area contributed by atoms with Gasteiger partial charge in [0.1, 0.15) is 11.3 Å². The van der Waals surface area contributed by atoms with Crippen LogP contribution in [0.25, 0.3) is 11.0 Å². The molecule has 1 aliphatic heterocycles. The molecule has 1 atom stereocenters. The second-order valence-corrected chi connectivity index (χ2v) is 7.82. The van der Waals surface area contributed by atoms with Crippen molar-refractivity contribution < 1.29 is 18.7 Å². The predicted molar refractivity (Wildman–Crippen MR) is 116 cm³/mol. The molecule has 0 saturated heterocycles. The zero-order valence-corrected chi connectivity index (χ0v) is 18.0. The summed E-state index contributed by atoms with van der Waals surface area (Å²) in [6, 6.07) is 14.0. The summed E-state index contributed by atoms with van der Waals surface area (Å²) < 4.78 is 16.8. The number of furan rings is 1. The highest BCUT2D eigenvalue weighted by Crippen LogP contribution is 2.33. The number of benzene rings is 2. The molecule has 0 fully saturated rings. The summed E-state index contributed by atoms with van der Waals surface area (Å²) in [7, 11) is 5.23. The Hall–Kier alpha value is -2.99. The molecule has 0 bridgehead atoms. The molecule has 3 aromatic rings. The Kier molecular flexibility index (Phi) is 5.68. The minimum atomic E-state index is 0.00258. The van der Waals surface area contributed by atoms with Crippen molar-refractivity contribution in [3.8, 4) is 11.5 Å². The van der Waals surface area contributed by atoms with Crippen molar-refractivity contribution in [2.45, 2.75) is 25.9 Å². The Balaban J connectivity index is 1.43. The van der Waals surface area contributed by atoms with E-state index in [-0.39, 0.29) is 11.9 Å². The molecule has 158 valence electrons. The van der Waals surface area contributed by atoms with E-state index in [2.05, 4.69) is 13.0 Å². The quantitative estimate of drug-likeness (QED) is 0.616. The van der Waals surface area contributed by atoms with Crippen LogP contribution in [0.5, 0.6) is 11.5 Å². The zero-order chi connectivity index (χ0) is 21.3. The first-order valence-corrected chi connectivity index (χ1v) is 10.2. The first-order valence-electron chi connectivity index (χ1n) is 10.2. The first-order chi connectivity index (χ1) is 14.5. The van der Waals surface area contributed by atoms with E-state index in [0.29, 0.717) is 25.4 Å². The van der Waals surface area contributed by atoms with Gasteiger partial charge in [-0.2, -0.15) is 0 Å². The number of carbonyl (C=O) groups is 1. The summed E-state index contributed by atoms with van der Waals surface area (Å²) in [6.07, 6.45) is 0.810. The van der Waals surface area contributed by atoms with Gasteiger partial charge in [-0.05, 0) is 55.8 Å². The van der Waals surface area contributed by atoms with Gasteiger partial charge < -0.3 is 18.8 Å². The molecule has 2 aromatic carbocycles. The van der Waals surface area contributed by atoms with Gasteiger partial charge in [0.05, 0.1) is 26.8 Å². The van der Waals surface area contributed by atoms with Crippen LogP contribution in [-0.2, 0) is 17.8 Å². The Labute approximate surface area is 177 Å². The van der Waals surface area contributed by atoms with Crippen molar-refractivity contribution >= 4 is 16.9 Å². The third-order valence-electron chi connectivity index (χ3n) is 5.97. The van der Waals surface area contributed by atoms with Crippen LogP contribution >= 0.6 is 0 Å². The van der Waals surface area contributed by atoms with E-state index in [1.54, 1.807) is 14.2 Å². The van der Waals surface area contributed by atoms with Crippen molar-refractivity contribution in [3.63, 3.8) is 0 Å². The number of para-hydroxylation sites is 1. The third kappa shape index (κ3) is 3.87. The third-order valence-corrected chi connectivity index (χ3v) is 5.97. The summed E-state index contributed by atoms with van der Waals surface area (Å²) in [5.41, 5.74) is 3.19. The van der Waals surface area contributed by atoms with Crippen molar-refractivity contribution in [1.29, 1.82) is 0 Å². The summed E-state index contributed by atoms with van der Waals surface area (Å²) in [4.78, 5) is 16.9. The fraction of sp³-hybridized carbons (Fsp3) is 0.375. The van der Waals surface area contributed by atoms with Gasteiger partial charge in [0.2, 0.25) is 5.91 Å². The summed E-state index contributed by atoms with van der Waals surface area (Å²) >= 11 is 0. The molecule has 0 aliphatic carbocycles. The highest BCUT2D eigenvalue weighted by atomic mass is 16.5. The van der Waals surface area contributed by atoms with Crippen LogP contribution in [0.2, 0.25) is 0 Å². The van der Waals surface area contributed by atoms with E-state index in [1.165, 1.54) is 5.56 Å². The molecule has 6 heteroatoms. The maximum absolute atomic E-state index is 13.0. The summed E-state index contributed by atoms with van der Waals surface area (Å²) in [5, 5.41) is 1.08. The molecule has 1 aliphatic rings. The smallest absolute Gasteiger partial charge is 0.237 e. The average molecular weight is 408 g/mol. The van der Waals surface area contributed by atoms with Gasteiger partial charge in [-0.1, -0.05) is 18.2 Å². The SMILES string of the molecule is COc1cc2c(cc1OC)CN(C(=O)CN(C)[C@@H](C)c1cc3ccccc3o1)CC2. The number of amides is 1. The number of methoxy groups -OCH3 is 2. The molecular formula is C24H28N2O4. The number of hydrogen-bond acceptors (Lipinski definition) is 5. The lowest BCUT2D eigenvalue weighted by molar-refractivity contribution is -0.133. The Bertz CT molecular complexity index is 1030. The highest BCUT2D eigenvalue weighted by Gasteiger charge is 2.25. The van der Waals surface area contributed by atoms with Crippen molar-refractivity contribution in [3.05, 3.63) is 59.4 Å². The molecule has 1 aromatic heterocycles. The van der Waals surface area contributed by atoms with E-state index in [0.717, 1.165) is 34.5 Å². The molecule has 0 unspecified atom stereocenters. The molecule has 6 nitrogen and oxygen atoms in total. The van der Waals surface area contributed by atoms with Gasteiger partial charge in [0, 0.05) is 18.5 Å². The van der Waals surface area contributed by atoms with E-state index >= 15 is 0 Å². The number of hydrogen-bond donors (Lipinski definition) is 0. The predicted octanol–water partition coefficient (Wildman–Crippen LogP) is 4.03. The lowest BCUT2D eigenvalue weighted by Gasteiger charge is -2.32. The van der Waals surface area contributed by atoms with Crippen molar-refractivity contribution in [2.75, 3.05) is 34.4 Å². The normalized spacial score (nSPS) is 14.6. The minimum absolute atomic E-state index is 0.00258. The number of nitrogens with zero attached hydrogens (tertiary/aromatic N) is 2.